The summed E-state index contributed by atoms with van der Waals surface area (Å²) in [6.07, 6.45) is 2.06. The largest absolute Gasteiger partial charge is 0.380 e. The molecule has 0 N–H and O–H groups in total. The van der Waals surface area contributed by atoms with Gasteiger partial charge >= 0.3 is 0 Å². The van der Waals surface area contributed by atoms with Gasteiger partial charge in [0.1, 0.15) is 0 Å². The van der Waals surface area contributed by atoms with Gasteiger partial charge in [-0.25, -0.2) is 17.8 Å². The summed E-state index contributed by atoms with van der Waals surface area (Å²) in [5.74, 6) is -0.212. The van der Waals surface area contributed by atoms with Gasteiger partial charge in [-0.15, -0.1) is 0 Å². The van der Waals surface area contributed by atoms with Gasteiger partial charge < -0.3 is 4.74 Å². The number of hydrogen-bond acceptors (Lipinski definition) is 5. The van der Waals surface area contributed by atoms with Crippen LogP contribution in [0, 0.1) is 17.8 Å². The van der Waals surface area contributed by atoms with Crippen molar-refractivity contribution in [3.63, 3.8) is 0 Å². The van der Waals surface area contributed by atoms with E-state index in [1.165, 1.54) is 15.6 Å². The maximum absolute atomic E-state index is 12.5. The van der Waals surface area contributed by atoms with Crippen molar-refractivity contribution < 1.29 is 22.8 Å². The summed E-state index contributed by atoms with van der Waals surface area (Å²) in [5.41, 5.74) is 0. The second-order valence-corrected chi connectivity index (χ2v) is 7.76. The number of carbonyl (C=O) groups excluding carboxylic acids is 1. The van der Waals surface area contributed by atoms with E-state index in [1.54, 1.807) is 0 Å². The molecule has 114 valence electrons. The van der Waals surface area contributed by atoms with Crippen molar-refractivity contribution in [3.05, 3.63) is 0 Å². The van der Waals surface area contributed by atoms with Gasteiger partial charge in [-0.3, -0.25) is 9.63 Å². The summed E-state index contributed by atoms with van der Waals surface area (Å²) in [6.45, 7) is 2.94. The molecule has 8 heteroatoms. The molecule has 0 saturated carbocycles. The Morgan fingerprint density at radius 3 is 2.70 bits per heavy atom. The second kappa shape index (κ2) is 5.25. The fourth-order valence-electron chi connectivity index (χ4n) is 3.29. The van der Waals surface area contributed by atoms with Crippen LogP contribution in [-0.2, 0) is 24.4 Å². The molecule has 0 aromatic carbocycles. The highest BCUT2D eigenvalue weighted by molar-refractivity contribution is 7.88. The van der Waals surface area contributed by atoms with Crippen LogP contribution in [-0.4, -0.2) is 69.4 Å². The maximum atomic E-state index is 12.5. The summed E-state index contributed by atoms with van der Waals surface area (Å²) in [5, 5.41) is 1.42. The highest BCUT2D eigenvalue weighted by Gasteiger charge is 2.47. The van der Waals surface area contributed by atoms with Crippen molar-refractivity contribution >= 4 is 15.9 Å². The minimum Gasteiger partial charge on any atom is -0.380 e. The van der Waals surface area contributed by atoms with E-state index in [0.29, 0.717) is 39.5 Å². The van der Waals surface area contributed by atoms with Crippen LogP contribution >= 0.6 is 0 Å². The lowest BCUT2D eigenvalue weighted by atomic mass is 9.82. The molecule has 20 heavy (non-hydrogen) atoms. The van der Waals surface area contributed by atoms with Gasteiger partial charge in [-0.1, -0.05) is 0 Å². The quantitative estimate of drug-likeness (QED) is 0.674. The SMILES string of the molecule is CS(=O)(=O)N1C[C@@H]2COC[C@H](C(=O)N3CCCO3)[C@@H]2C1. The Labute approximate surface area is 118 Å². The number of sulfonamides is 1. The second-order valence-electron chi connectivity index (χ2n) is 5.77. The fourth-order valence-corrected chi connectivity index (χ4v) is 4.19. The molecule has 3 aliphatic rings. The maximum Gasteiger partial charge on any atom is 0.251 e. The van der Waals surface area contributed by atoms with E-state index in [1.807, 2.05) is 0 Å². The Morgan fingerprint density at radius 2 is 2.05 bits per heavy atom. The average Bonchev–Trinajstić information content (AvgIpc) is 3.05. The van der Waals surface area contributed by atoms with E-state index in [0.717, 1.165) is 6.42 Å². The first-order valence-corrected chi connectivity index (χ1v) is 8.79. The van der Waals surface area contributed by atoms with Crippen molar-refractivity contribution in [1.82, 2.24) is 9.37 Å². The lowest BCUT2D eigenvalue weighted by Gasteiger charge is -2.33. The van der Waals surface area contributed by atoms with Crippen LogP contribution in [0.2, 0.25) is 0 Å². The number of hydroxylamine groups is 2. The third-order valence-electron chi connectivity index (χ3n) is 4.39. The number of rotatable bonds is 2. The van der Waals surface area contributed by atoms with Gasteiger partial charge in [0.05, 0.1) is 38.5 Å². The first kappa shape index (κ1) is 14.2. The highest BCUT2D eigenvalue weighted by atomic mass is 32.2. The Kier molecular flexibility index (Phi) is 3.74. The molecule has 3 aliphatic heterocycles. The van der Waals surface area contributed by atoms with Crippen LogP contribution in [0.1, 0.15) is 6.42 Å². The van der Waals surface area contributed by atoms with Gasteiger partial charge in [-0.05, 0) is 12.3 Å². The molecule has 7 nitrogen and oxygen atoms in total. The zero-order valence-electron chi connectivity index (χ0n) is 11.5. The summed E-state index contributed by atoms with van der Waals surface area (Å²) in [6, 6.07) is 0. The van der Waals surface area contributed by atoms with E-state index in [9.17, 15) is 13.2 Å². The molecule has 0 spiro atoms. The van der Waals surface area contributed by atoms with E-state index in [2.05, 4.69) is 0 Å². The third kappa shape index (κ3) is 2.57. The van der Waals surface area contributed by atoms with Crippen LogP contribution in [0.5, 0.6) is 0 Å². The summed E-state index contributed by atoms with van der Waals surface area (Å²) in [4.78, 5) is 17.8. The fraction of sp³-hybridized carbons (Fsp3) is 0.917. The average molecular weight is 304 g/mol. The Morgan fingerprint density at radius 1 is 1.25 bits per heavy atom. The number of fused-ring (bicyclic) bond motifs is 1. The third-order valence-corrected chi connectivity index (χ3v) is 5.63. The number of carbonyl (C=O) groups is 1. The number of nitrogens with zero attached hydrogens (tertiary/aromatic N) is 2. The van der Waals surface area contributed by atoms with Crippen molar-refractivity contribution in [3.8, 4) is 0 Å². The molecular formula is C12H20N2O5S. The van der Waals surface area contributed by atoms with Crippen molar-refractivity contribution in [1.29, 1.82) is 0 Å². The minimum atomic E-state index is -3.21. The zero-order valence-corrected chi connectivity index (χ0v) is 12.3. The minimum absolute atomic E-state index is 0.0372. The molecule has 3 heterocycles. The van der Waals surface area contributed by atoms with Crippen LogP contribution in [0.3, 0.4) is 0 Å². The van der Waals surface area contributed by atoms with Gasteiger partial charge in [0.2, 0.25) is 10.0 Å². The standard InChI is InChI=1S/C12H20N2O5S/c1-20(16,17)13-5-9-7-18-8-11(10(9)6-13)12(15)14-3-2-4-19-14/h9-11H,2-8H2,1H3/t9-,10-,11+/m1/s1. The van der Waals surface area contributed by atoms with Crippen LogP contribution in [0.15, 0.2) is 0 Å². The summed E-state index contributed by atoms with van der Waals surface area (Å²) in [7, 11) is -3.21. The molecule has 0 radical (unpaired) electrons. The van der Waals surface area contributed by atoms with Gasteiger partial charge in [0.15, 0.2) is 0 Å². The first-order valence-electron chi connectivity index (χ1n) is 6.94. The van der Waals surface area contributed by atoms with E-state index in [-0.39, 0.29) is 23.7 Å². The number of ether oxygens (including phenoxy) is 1. The molecule has 0 aliphatic carbocycles. The molecule has 3 saturated heterocycles. The number of hydrogen-bond donors (Lipinski definition) is 0. The predicted molar refractivity (Wildman–Crippen MR) is 70.0 cm³/mol. The first-order chi connectivity index (χ1) is 9.47. The molecule has 3 atom stereocenters. The van der Waals surface area contributed by atoms with Gasteiger partial charge in [0.25, 0.3) is 5.91 Å². The Bertz CT molecular complexity index is 488. The molecular weight excluding hydrogens is 284 g/mol. The topological polar surface area (TPSA) is 76.2 Å². The lowest BCUT2D eigenvalue weighted by molar-refractivity contribution is -0.181. The summed E-state index contributed by atoms with van der Waals surface area (Å²) >= 11 is 0. The van der Waals surface area contributed by atoms with Crippen molar-refractivity contribution in [2.24, 2.45) is 17.8 Å². The number of amides is 1. The molecule has 1 amide bonds. The van der Waals surface area contributed by atoms with E-state index >= 15 is 0 Å². The smallest absolute Gasteiger partial charge is 0.251 e. The predicted octanol–water partition coefficient (Wildman–Crippen LogP) is -0.696. The summed E-state index contributed by atoms with van der Waals surface area (Å²) < 4.78 is 30.3. The van der Waals surface area contributed by atoms with E-state index < -0.39 is 10.0 Å². The van der Waals surface area contributed by atoms with Crippen LogP contribution in [0.25, 0.3) is 0 Å². The van der Waals surface area contributed by atoms with Gasteiger partial charge in [-0.2, -0.15) is 0 Å². The molecule has 3 fully saturated rings. The van der Waals surface area contributed by atoms with Crippen molar-refractivity contribution in [2.45, 2.75) is 6.42 Å². The van der Waals surface area contributed by atoms with Gasteiger partial charge in [0, 0.05) is 19.0 Å². The van der Waals surface area contributed by atoms with Crippen LogP contribution in [0.4, 0.5) is 0 Å². The lowest BCUT2D eigenvalue weighted by Crippen LogP contribution is -2.45. The molecule has 0 aromatic heterocycles. The normalized spacial score (nSPS) is 35.2. The monoisotopic (exact) mass is 304 g/mol. The van der Waals surface area contributed by atoms with Crippen molar-refractivity contribution in [2.75, 3.05) is 45.7 Å². The van der Waals surface area contributed by atoms with E-state index in [4.69, 9.17) is 9.57 Å². The zero-order chi connectivity index (χ0) is 14.3. The highest BCUT2D eigenvalue weighted by Crippen LogP contribution is 2.36. The molecule has 0 unspecified atom stereocenters. The Hall–Kier alpha value is -0.700. The molecule has 0 bridgehead atoms. The molecule has 3 rings (SSSR count). The molecule has 0 aromatic rings. The Balaban J connectivity index is 1.74. The van der Waals surface area contributed by atoms with Crippen LogP contribution < -0.4 is 0 Å².